The molecule has 6 heteroatoms. The molecule has 0 bridgehead atoms. The summed E-state index contributed by atoms with van der Waals surface area (Å²) in [5.41, 5.74) is 3.77. The molecule has 0 unspecified atom stereocenters. The molecule has 1 amide bonds. The number of carbonyl (C=O) groups is 2. The lowest BCUT2D eigenvalue weighted by Crippen LogP contribution is -2.36. The summed E-state index contributed by atoms with van der Waals surface area (Å²) in [6.45, 7) is 2.81. The second-order valence-corrected chi connectivity index (χ2v) is 3.60. The van der Waals surface area contributed by atoms with Crippen molar-refractivity contribution in [3.8, 4) is 0 Å². The normalized spacial score (nSPS) is 10.1. The number of hydrogen-bond donors (Lipinski definition) is 3. The number of ketones is 1. The number of hydrogen-bond acceptors (Lipinski definition) is 4. The van der Waals surface area contributed by atoms with Gasteiger partial charge >= 0.3 is 0 Å². The number of nitrogens with one attached hydrogen (secondary N) is 3. The quantitative estimate of drug-likeness (QED) is 0.320. The number of nitrogens with zero attached hydrogens (tertiary/aromatic N) is 1. The molecule has 1 aromatic carbocycles. The van der Waals surface area contributed by atoms with Crippen molar-refractivity contribution in [3.05, 3.63) is 35.4 Å². The van der Waals surface area contributed by atoms with Crippen molar-refractivity contribution in [1.82, 2.24) is 10.7 Å². The highest BCUT2D eigenvalue weighted by Crippen LogP contribution is 2.02. The van der Waals surface area contributed by atoms with Crippen LogP contribution in [-0.4, -0.2) is 23.9 Å². The molecule has 3 N–H and O–H groups in total. The van der Waals surface area contributed by atoms with Gasteiger partial charge in [-0.2, -0.15) is 5.10 Å². The van der Waals surface area contributed by atoms with E-state index in [1.54, 1.807) is 24.3 Å². The molecule has 0 spiro atoms. The number of Topliss-reactive ketones (excluding diaryl/α,β-unsaturated/α-hetero) is 1. The van der Waals surface area contributed by atoms with E-state index in [-0.39, 0.29) is 17.6 Å². The molecule has 0 aromatic heterocycles. The molecular formula is C12H14N4O2. The van der Waals surface area contributed by atoms with Gasteiger partial charge in [0.25, 0.3) is 0 Å². The molecule has 0 aliphatic carbocycles. The Bertz CT molecular complexity index is 491. The van der Waals surface area contributed by atoms with Crippen LogP contribution >= 0.6 is 0 Å². The van der Waals surface area contributed by atoms with Crippen LogP contribution in [0.3, 0.4) is 0 Å². The maximum Gasteiger partial charge on any atom is 0.223 e. The SMILES string of the molecule is CC(=O)NC(=N)NN=Cc1ccc(C(C)=O)cc1. The van der Waals surface area contributed by atoms with Crippen LogP contribution in [0.1, 0.15) is 29.8 Å². The third-order valence-corrected chi connectivity index (χ3v) is 2.01. The van der Waals surface area contributed by atoms with Gasteiger partial charge in [0.05, 0.1) is 6.21 Å². The minimum atomic E-state index is -0.339. The van der Waals surface area contributed by atoms with Gasteiger partial charge in [-0.05, 0) is 12.5 Å². The van der Waals surface area contributed by atoms with E-state index in [1.165, 1.54) is 20.1 Å². The Labute approximate surface area is 105 Å². The molecule has 6 nitrogen and oxygen atoms in total. The van der Waals surface area contributed by atoms with E-state index in [1.807, 2.05) is 0 Å². The molecule has 0 heterocycles. The van der Waals surface area contributed by atoms with Gasteiger partial charge in [-0.15, -0.1) is 0 Å². The number of guanidine groups is 1. The first kappa shape index (κ1) is 13.6. The van der Waals surface area contributed by atoms with E-state index < -0.39 is 0 Å². The second-order valence-electron chi connectivity index (χ2n) is 3.60. The fourth-order valence-corrected chi connectivity index (χ4v) is 1.18. The van der Waals surface area contributed by atoms with Gasteiger partial charge in [0, 0.05) is 12.5 Å². The molecule has 0 atom stereocenters. The Hall–Kier alpha value is -2.50. The van der Waals surface area contributed by atoms with E-state index in [0.29, 0.717) is 5.56 Å². The fourth-order valence-electron chi connectivity index (χ4n) is 1.18. The number of amides is 1. The van der Waals surface area contributed by atoms with Gasteiger partial charge in [-0.3, -0.25) is 20.3 Å². The summed E-state index contributed by atoms with van der Waals surface area (Å²) >= 11 is 0. The third-order valence-electron chi connectivity index (χ3n) is 2.01. The summed E-state index contributed by atoms with van der Waals surface area (Å²) in [6, 6.07) is 6.87. The van der Waals surface area contributed by atoms with Crippen LogP contribution in [-0.2, 0) is 4.79 Å². The summed E-state index contributed by atoms with van der Waals surface area (Å²) in [5.74, 6) is -0.531. The number of benzene rings is 1. The standard InChI is InChI=1S/C12H14N4O2/c1-8(17)11-5-3-10(4-6-11)7-14-16-12(13)15-9(2)18/h3-7H,1-2H3,(H3,13,15,16,18). The Morgan fingerprint density at radius 3 is 2.33 bits per heavy atom. The summed E-state index contributed by atoms with van der Waals surface area (Å²) in [5, 5.41) is 13.3. The second kappa shape index (κ2) is 6.29. The largest absolute Gasteiger partial charge is 0.296 e. The first-order chi connectivity index (χ1) is 8.49. The fraction of sp³-hybridized carbons (Fsp3) is 0.167. The van der Waals surface area contributed by atoms with Crippen LogP contribution in [0.15, 0.2) is 29.4 Å². The van der Waals surface area contributed by atoms with E-state index in [4.69, 9.17) is 5.41 Å². The zero-order chi connectivity index (χ0) is 13.5. The lowest BCUT2D eigenvalue weighted by molar-refractivity contribution is -0.117. The summed E-state index contributed by atoms with van der Waals surface area (Å²) in [4.78, 5) is 21.7. The first-order valence-corrected chi connectivity index (χ1v) is 5.25. The Morgan fingerprint density at radius 2 is 1.83 bits per heavy atom. The molecule has 0 fully saturated rings. The molecule has 0 aliphatic heterocycles. The predicted octanol–water partition coefficient (Wildman–Crippen LogP) is 0.884. The zero-order valence-corrected chi connectivity index (χ0v) is 10.2. The highest BCUT2D eigenvalue weighted by atomic mass is 16.1. The van der Waals surface area contributed by atoms with Gasteiger partial charge in [-0.25, -0.2) is 5.43 Å². The summed E-state index contributed by atoms with van der Waals surface area (Å²) in [7, 11) is 0. The molecule has 0 aliphatic rings. The summed E-state index contributed by atoms with van der Waals surface area (Å²) in [6.07, 6.45) is 1.49. The Kier molecular flexibility index (Phi) is 4.74. The molecule has 0 radical (unpaired) electrons. The van der Waals surface area contributed by atoms with Crippen LogP contribution in [0.4, 0.5) is 0 Å². The average molecular weight is 246 g/mol. The van der Waals surface area contributed by atoms with Crippen molar-refractivity contribution >= 4 is 23.9 Å². The van der Waals surface area contributed by atoms with Gasteiger partial charge in [0.1, 0.15) is 0 Å². The minimum absolute atomic E-state index is 0.00375. The van der Waals surface area contributed by atoms with Crippen LogP contribution in [0.5, 0.6) is 0 Å². The Morgan fingerprint density at radius 1 is 1.22 bits per heavy atom. The highest BCUT2D eigenvalue weighted by Gasteiger charge is 1.98. The van der Waals surface area contributed by atoms with E-state index in [2.05, 4.69) is 15.8 Å². The number of hydrazone groups is 1. The van der Waals surface area contributed by atoms with Crippen molar-refractivity contribution in [2.45, 2.75) is 13.8 Å². The topological polar surface area (TPSA) is 94.4 Å². The lowest BCUT2D eigenvalue weighted by atomic mass is 10.1. The molecule has 0 saturated heterocycles. The van der Waals surface area contributed by atoms with Gasteiger partial charge < -0.3 is 0 Å². The molecule has 1 aromatic rings. The third kappa shape index (κ3) is 4.56. The van der Waals surface area contributed by atoms with Crippen molar-refractivity contribution in [2.75, 3.05) is 0 Å². The molecule has 94 valence electrons. The highest BCUT2D eigenvalue weighted by molar-refractivity contribution is 5.95. The molecular weight excluding hydrogens is 232 g/mol. The maximum absolute atomic E-state index is 11.0. The van der Waals surface area contributed by atoms with E-state index in [0.717, 1.165) is 5.56 Å². The average Bonchev–Trinajstić information content (AvgIpc) is 2.28. The maximum atomic E-state index is 11.0. The minimum Gasteiger partial charge on any atom is -0.296 e. The van der Waals surface area contributed by atoms with Gasteiger partial charge in [-0.1, -0.05) is 24.3 Å². The monoisotopic (exact) mass is 246 g/mol. The van der Waals surface area contributed by atoms with Crippen LogP contribution in [0, 0.1) is 5.41 Å². The zero-order valence-electron chi connectivity index (χ0n) is 10.2. The molecule has 0 saturated carbocycles. The molecule has 18 heavy (non-hydrogen) atoms. The summed E-state index contributed by atoms with van der Waals surface area (Å²) < 4.78 is 0. The molecule has 1 rings (SSSR count). The van der Waals surface area contributed by atoms with Crippen LogP contribution < -0.4 is 10.7 Å². The number of rotatable bonds is 3. The van der Waals surface area contributed by atoms with Gasteiger partial charge in [0.2, 0.25) is 11.9 Å². The Balaban J connectivity index is 2.54. The van der Waals surface area contributed by atoms with Crippen molar-refractivity contribution < 1.29 is 9.59 Å². The van der Waals surface area contributed by atoms with E-state index in [9.17, 15) is 9.59 Å². The first-order valence-electron chi connectivity index (χ1n) is 5.25. The van der Waals surface area contributed by atoms with Crippen LogP contribution in [0.2, 0.25) is 0 Å². The van der Waals surface area contributed by atoms with E-state index >= 15 is 0 Å². The van der Waals surface area contributed by atoms with Crippen molar-refractivity contribution in [3.63, 3.8) is 0 Å². The predicted molar refractivity (Wildman–Crippen MR) is 68.7 cm³/mol. The van der Waals surface area contributed by atoms with Crippen LogP contribution in [0.25, 0.3) is 0 Å². The number of carbonyl (C=O) groups excluding carboxylic acids is 2. The smallest absolute Gasteiger partial charge is 0.223 e. The van der Waals surface area contributed by atoms with Crippen molar-refractivity contribution in [1.29, 1.82) is 5.41 Å². The van der Waals surface area contributed by atoms with Gasteiger partial charge in [0.15, 0.2) is 5.78 Å². The van der Waals surface area contributed by atoms with Crippen molar-refractivity contribution in [2.24, 2.45) is 5.10 Å². The lowest BCUT2D eigenvalue weighted by Gasteiger charge is -2.01.